The number of aliphatic hydroxyl groups is 1. The van der Waals surface area contributed by atoms with Gasteiger partial charge in [-0.2, -0.15) is 0 Å². The molecule has 0 aliphatic carbocycles. The second-order valence-corrected chi connectivity index (χ2v) is 8.53. The Morgan fingerprint density at radius 2 is 1.76 bits per heavy atom. The number of hydrogen-bond donors (Lipinski definition) is 3. The van der Waals surface area contributed by atoms with Crippen LogP contribution in [0.4, 0.5) is 0 Å². The maximum Gasteiger partial charge on any atom is 0.240 e. The smallest absolute Gasteiger partial charge is 0.240 e. The summed E-state index contributed by atoms with van der Waals surface area (Å²) in [5, 5.41) is 10.6. The van der Waals surface area contributed by atoms with Crippen molar-refractivity contribution in [1.29, 1.82) is 0 Å². The maximum atomic E-state index is 12.8. The predicted molar refractivity (Wildman–Crippen MR) is 113 cm³/mol. The fraction of sp³-hybridized carbons (Fsp3) is 0.136. The van der Waals surface area contributed by atoms with E-state index in [2.05, 4.69) is 14.7 Å². The van der Waals surface area contributed by atoms with E-state index in [9.17, 15) is 13.5 Å². The zero-order chi connectivity index (χ0) is 20.3. The number of sulfonamides is 1. The van der Waals surface area contributed by atoms with Gasteiger partial charge in [0.05, 0.1) is 11.5 Å². The average Bonchev–Trinajstić information content (AvgIpc) is 3.23. The van der Waals surface area contributed by atoms with E-state index in [0.29, 0.717) is 6.42 Å². The average molecular weight is 407 g/mol. The van der Waals surface area contributed by atoms with Crippen LogP contribution in [0.1, 0.15) is 5.56 Å². The first kappa shape index (κ1) is 19.3. The fourth-order valence-corrected chi connectivity index (χ4v) is 4.58. The number of rotatable bonds is 7. The molecule has 3 N–H and O–H groups in total. The third-order valence-electron chi connectivity index (χ3n) is 4.80. The molecule has 4 rings (SSSR count). The van der Waals surface area contributed by atoms with Gasteiger partial charge in [-0.15, -0.1) is 0 Å². The highest BCUT2D eigenvalue weighted by Crippen LogP contribution is 2.27. The van der Waals surface area contributed by atoms with E-state index in [4.69, 9.17) is 0 Å². The van der Waals surface area contributed by atoms with Crippen LogP contribution in [0.3, 0.4) is 0 Å². The Labute approximate surface area is 169 Å². The molecular weight excluding hydrogens is 386 g/mol. The van der Waals surface area contributed by atoms with Gasteiger partial charge in [0, 0.05) is 23.8 Å². The van der Waals surface area contributed by atoms with E-state index in [1.54, 1.807) is 30.5 Å². The number of hydrogen-bond acceptors (Lipinski definition) is 4. The quantitative estimate of drug-likeness (QED) is 0.439. The lowest BCUT2D eigenvalue weighted by Crippen LogP contribution is -2.39. The molecule has 4 aromatic rings. The largest absolute Gasteiger partial charge is 0.395 e. The van der Waals surface area contributed by atoms with Crippen molar-refractivity contribution >= 4 is 21.1 Å². The molecule has 148 valence electrons. The molecule has 1 atom stereocenters. The molecular formula is C22H21N3O3S. The number of aromatic amines is 1. The molecule has 2 heterocycles. The van der Waals surface area contributed by atoms with Crippen molar-refractivity contribution in [1.82, 2.24) is 14.7 Å². The zero-order valence-corrected chi connectivity index (χ0v) is 16.4. The summed E-state index contributed by atoms with van der Waals surface area (Å²) >= 11 is 0. The van der Waals surface area contributed by atoms with Crippen LogP contribution in [0.5, 0.6) is 0 Å². The van der Waals surface area contributed by atoms with Crippen molar-refractivity contribution in [3.63, 3.8) is 0 Å². The minimum Gasteiger partial charge on any atom is -0.395 e. The molecule has 0 saturated carbocycles. The molecule has 2 aromatic heterocycles. The molecule has 0 amide bonds. The number of aromatic nitrogens is 2. The van der Waals surface area contributed by atoms with E-state index in [1.807, 2.05) is 48.7 Å². The molecule has 0 saturated heterocycles. The molecule has 0 radical (unpaired) electrons. The number of H-pyrrole nitrogens is 1. The number of benzene rings is 2. The molecule has 0 aliphatic heterocycles. The Kier molecular flexibility index (Phi) is 5.44. The van der Waals surface area contributed by atoms with Gasteiger partial charge in [-0.05, 0) is 47.4 Å². The Hall–Kier alpha value is -3.00. The van der Waals surface area contributed by atoms with Crippen molar-refractivity contribution in [3.05, 3.63) is 84.7 Å². The van der Waals surface area contributed by atoms with Crippen molar-refractivity contribution in [2.75, 3.05) is 6.61 Å². The third kappa shape index (κ3) is 4.22. The fourth-order valence-electron chi connectivity index (χ4n) is 3.36. The maximum absolute atomic E-state index is 12.8. The van der Waals surface area contributed by atoms with Gasteiger partial charge in [-0.3, -0.25) is 0 Å². The van der Waals surface area contributed by atoms with Gasteiger partial charge >= 0.3 is 0 Å². The van der Waals surface area contributed by atoms with Gasteiger partial charge in [-0.25, -0.2) is 18.1 Å². The van der Waals surface area contributed by atoms with Gasteiger partial charge in [0.15, 0.2) is 0 Å². The molecule has 29 heavy (non-hydrogen) atoms. The lowest BCUT2D eigenvalue weighted by molar-refractivity contribution is 0.256. The van der Waals surface area contributed by atoms with E-state index in [0.717, 1.165) is 27.7 Å². The van der Waals surface area contributed by atoms with Crippen LogP contribution in [-0.2, 0) is 16.4 Å². The van der Waals surface area contributed by atoms with Gasteiger partial charge in [0.25, 0.3) is 0 Å². The Morgan fingerprint density at radius 1 is 1.00 bits per heavy atom. The van der Waals surface area contributed by atoms with Crippen LogP contribution >= 0.6 is 0 Å². The van der Waals surface area contributed by atoms with Crippen molar-refractivity contribution < 1.29 is 13.5 Å². The van der Waals surface area contributed by atoms with E-state index >= 15 is 0 Å². The predicted octanol–water partition coefficient (Wildman–Crippen LogP) is 3.11. The molecule has 2 aromatic carbocycles. The number of fused-ring (bicyclic) bond motifs is 1. The topological polar surface area (TPSA) is 95.1 Å². The highest BCUT2D eigenvalue weighted by Gasteiger charge is 2.20. The molecule has 7 heteroatoms. The zero-order valence-electron chi connectivity index (χ0n) is 15.6. The first-order chi connectivity index (χ1) is 14.1. The second-order valence-electron chi connectivity index (χ2n) is 6.81. The van der Waals surface area contributed by atoms with Gasteiger partial charge in [0.1, 0.15) is 5.65 Å². The SMILES string of the molecule is O=S(=O)(N[C@H](CO)Cc1ccccc1)c1ccc(-c2ccnc3[nH]ccc23)cc1. The lowest BCUT2D eigenvalue weighted by atomic mass is 10.0. The monoisotopic (exact) mass is 407 g/mol. The minimum atomic E-state index is -3.75. The Bertz CT molecular complexity index is 1200. The summed E-state index contributed by atoms with van der Waals surface area (Å²) in [6.07, 6.45) is 3.96. The normalized spacial score (nSPS) is 12.9. The van der Waals surface area contributed by atoms with Crippen molar-refractivity contribution in [2.45, 2.75) is 17.4 Å². The van der Waals surface area contributed by atoms with Crippen LogP contribution in [0.25, 0.3) is 22.2 Å². The second kappa shape index (κ2) is 8.16. The standard InChI is InChI=1S/C22H21N3O3S/c26-15-18(14-16-4-2-1-3-5-16)25-29(27,28)19-8-6-17(7-9-19)20-10-12-23-22-21(20)11-13-24-22/h1-13,18,25-26H,14-15H2,(H,23,24)/t18-/m0/s1. The van der Waals surface area contributed by atoms with Gasteiger partial charge in [-0.1, -0.05) is 42.5 Å². The van der Waals surface area contributed by atoms with Gasteiger partial charge in [0.2, 0.25) is 10.0 Å². The van der Waals surface area contributed by atoms with E-state index in [-0.39, 0.29) is 11.5 Å². The minimum absolute atomic E-state index is 0.159. The van der Waals surface area contributed by atoms with Gasteiger partial charge < -0.3 is 10.1 Å². The number of aliphatic hydroxyl groups excluding tert-OH is 1. The molecule has 6 nitrogen and oxygen atoms in total. The van der Waals surface area contributed by atoms with Crippen molar-refractivity contribution in [2.24, 2.45) is 0 Å². The Balaban J connectivity index is 1.55. The summed E-state index contributed by atoms with van der Waals surface area (Å²) in [4.78, 5) is 7.51. The summed E-state index contributed by atoms with van der Waals surface area (Å²) < 4.78 is 28.1. The summed E-state index contributed by atoms with van der Waals surface area (Å²) in [6, 6.07) is 19.4. The van der Waals surface area contributed by atoms with Crippen LogP contribution < -0.4 is 4.72 Å². The summed E-state index contributed by atoms with van der Waals surface area (Å²) in [5.74, 6) is 0. The lowest BCUT2D eigenvalue weighted by Gasteiger charge is -2.17. The first-order valence-electron chi connectivity index (χ1n) is 9.26. The number of nitrogens with one attached hydrogen (secondary N) is 2. The van der Waals surface area contributed by atoms with E-state index in [1.165, 1.54) is 0 Å². The van der Waals surface area contributed by atoms with E-state index < -0.39 is 16.1 Å². The summed E-state index contributed by atoms with van der Waals surface area (Å²) in [5.41, 5.74) is 3.62. The molecule has 0 spiro atoms. The van der Waals surface area contributed by atoms with Crippen LogP contribution in [-0.4, -0.2) is 36.1 Å². The highest BCUT2D eigenvalue weighted by atomic mass is 32.2. The number of pyridine rings is 1. The van der Waals surface area contributed by atoms with Crippen molar-refractivity contribution in [3.8, 4) is 11.1 Å². The number of nitrogens with zero attached hydrogens (tertiary/aromatic N) is 1. The molecule has 0 unspecified atom stereocenters. The third-order valence-corrected chi connectivity index (χ3v) is 6.34. The summed E-state index contributed by atoms with van der Waals surface area (Å²) in [7, 11) is -3.75. The first-order valence-corrected chi connectivity index (χ1v) is 10.7. The Morgan fingerprint density at radius 3 is 2.48 bits per heavy atom. The molecule has 0 fully saturated rings. The van der Waals surface area contributed by atoms with Crippen LogP contribution in [0, 0.1) is 0 Å². The van der Waals surface area contributed by atoms with Crippen LogP contribution in [0.15, 0.2) is 84.0 Å². The van der Waals surface area contributed by atoms with Crippen LogP contribution in [0.2, 0.25) is 0 Å². The molecule has 0 aliphatic rings. The molecule has 0 bridgehead atoms. The summed E-state index contributed by atoms with van der Waals surface area (Å²) in [6.45, 7) is -0.283. The highest BCUT2D eigenvalue weighted by molar-refractivity contribution is 7.89.